The molecule has 0 heterocycles. The van der Waals surface area contributed by atoms with Gasteiger partial charge in [0, 0.05) is 5.02 Å². The molecule has 14 heavy (non-hydrogen) atoms. The summed E-state index contributed by atoms with van der Waals surface area (Å²) < 4.78 is 37.0. The Morgan fingerprint density at radius 2 is 1.86 bits per heavy atom. The van der Waals surface area contributed by atoms with Crippen molar-refractivity contribution in [3.8, 4) is 0 Å². The van der Waals surface area contributed by atoms with E-state index < -0.39 is 11.7 Å². The Kier molecular flexibility index (Phi) is 3.10. The van der Waals surface area contributed by atoms with Gasteiger partial charge < -0.3 is 0 Å². The van der Waals surface area contributed by atoms with E-state index in [1.807, 2.05) is 6.92 Å². The average molecular weight is 223 g/mol. The molecule has 0 saturated carbocycles. The Labute approximate surface area is 85.7 Å². The van der Waals surface area contributed by atoms with Gasteiger partial charge in [-0.1, -0.05) is 18.5 Å². The van der Waals surface area contributed by atoms with E-state index in [0.29, 0.717) is 12.0 Å². The molecule has 0 unspecified atom stereocenters. The van der Waals surface area contributed by atoms with Crippen molar-refractivity contribution >= 4 is 11.6 Å². The van der Waals surface area contributed by atoms with Crippen LogP contribution in [0, 0.1) is 6.92 Å². The van der Waals surface area contributed by atoms with Crippen molar-refractivity contribution in [3.05, 3.63) is 33.8 Å². The molecule has 0 fully saturated rings. The van der Waals surface area contributed by atoms with E-state index in [0.717, 1.165) is 17.7 Å². The maximum Gasteiger partial charge on any atom is 0.416 e. The summed E-state index contributed by atoms with van der Waals surface area (Å²) in [5.41, 5.74) is 0.684. The third kappa shape index (κ3) is 2.21. The van der Waals surface area contributed by atoms with Crippen LogP contribution >= 0.6 is 11.6 Å². The SMILES string of the molecule is CCc1c(C)cc(C(F)(F)F)cc1Cl. The minimum atomic E-state index is -4.32. The molecule has 0 saturated heterocycles. The second-order valence-electron chi connectivity index (χ2n) is 3.10. The minimum absolute atomic E-state index is 0.194. The molecule has 1 aromatic rings. The van der Waals surface area contributed by atoms with Gasteiger partial charge in [-0.3, -0.25) is 0 Å². The van der Waals surface area contributed by atoms with Crippen LogP contribution in [0.25, 0.3) is 0 Å². The lowest BCUT2D eigenvalue weighted by Crippen LogP contribution is -2.06. The van der Waals surface area contributed by atoms with Crippen molar-refractivity contribution in [2.45, 2.75) is 26.4 Å². The summed E-state index contributed by atoms with van der Waals surface area (Å²) in [6.45, 7) is 3.50. The third-order valence-corrected chi connectivity index (χ3v) is 2.44. The van der Waals surface area contributed by atoms with E-state index in [2.05, 4.69) is 0 Å². The standard InChI is InChI=1S/C10H10ClF3/c1-3-8-6(2)4-7(5-9(8)11)10(12,13)14/h4-5H,3H2,1-2H3. The zero-order chi connectivity index (χ0) is 10.9. The number of benzene rings is 1. The van der Waals surface area contributed by atoms with Gasteiger partial charge in [0.1, 0.15) is 0 Å². The van der Waals surface area contributed by atoms with Gasteiger partial charge in [0.15, 0.2) is 0 Å². The first kappa shape index (κ1) is 11.4. The Morgan fingerprint density at radius 3 is 2.21 bits per heavy atom. The van der Waals surface area contributed by atoms with Crippen LogP contribution in [0.3, 0.4) is 0 Å². The summed E-state index contributed by atoms with van der Waals surface area (Å²) in [6, 6.07) is 2.11. The van der Waals surface area contributed by atoms with E-state index in [9.17, 15) is 13.2 Å². The Hall–Kier alpha value is -0.700. The molecule has 4 heteroatoms. The van der Waals surface area contributed by atoms with Crippen molar-refractivity contribution in [1.29, 1.82) is 0 Å². The van der Waals surface area contributed by atoms with E-state index in [1.165, 1.54) is 0 Å². The third-order valence-electron chi connectivity index (χ3n) is 2.10. The highest BCUT2D eigenvalue weighted by molar-refractivity contribution is 6.31. The van der Waals surface area contributed by atoms with Crippen molar-refractivity contribution in [2.75, 3.05) is 0 Å². The van der Waals surface area contributed by atoms with Crippen LogP contribution in [0.5, 0.6) is 0 Å². The molecule has 0 nitrogen and oxygen atoms in total. The Bertz CT molecular complexity index is 319. The molecule has 1 aromatic carbocycles. The van der Waals surface area contributed by atoms with E-state index in [1.54, 1.807) is 6.92 Å². The van der Waals surface area contributed by atoms with Crippen LogP contribution in [0.4, 0.5) is 13.2 Å². The number of hydrogen-bond donors (Lipinski definition) is 0. The zero-order valence-corrected chi connectivity index (χ0v) is 8.63. The molecule has 0 bridgehead atoms. The highest BCUT2D eigenvalue weighted by Gasteiger charge is 2.31. The smallest absolute Gasteiger partial charge is 0.166 e. The molecule has 0 N–H and O–H groups in total. The zero-order valence-electron chi connectivity index (χ0n) is 7.87. The first-order valence-electron chi connectivity index (χ1n) is 4.22. The average Bonchev–Trinajstić information content (AvgIpc) is 2.01. The van der Waals surface area contributed by atoms with Gasteiger partial charge in [-0.2, -0.15) is 13.2 Å². The first-order chi connectivity index (χ1) is 6.36. The summed E-state index contributed by atoms with van der Waals surface area (Å²) in [7, 11) is 0. The number of rotatable bonds is 1. The second-order valence-corrected chi connectivity index (χ2v) is 3.51. The molecular weight excluding hydrogens is 213 g/mol. The molecule has 0 aliphatic rings. The monoisotopic (exact) mass is 222 g/mol. The van der Waals surface area contributed by atoms with E-state index in [4.69, 9.17) is 11.6 Å². The molecular formula is C10H10ClF3. The van der Waals surface area contributed by atoms with E-state index in [-0.39, 0.29) is 5.02 Å². The van der Waals surface area contributed by atoms with Gasteiger partial charge in [0.05, 0.1) is 5.56 Å². The topological polar surface area (TPSA) is 0 Å². The molecule has 1 rings (SSSR count). The number of aryl methyl sites for hydroxylation is 1. The molecule has 78 valence electrons. The van der Waals surface area contributed by atoms with Crippen molar-refractivity contribution in [3.63, 3.8) is 0 Å². The lowest BCUT2D eigenvalue weighted by molar-refractivity contribution is -0.137. The summed E-state index contributed by atoms with van der Waals surface area (Å²) >= 11 is 5.74. The molecule has 0 aliphatic carbocycles. The fraction of sp³-hybridized carbons (Fsp3) is 0.400. The second kappa shape index (κ2) is 3.81. The van der Waals surface area contributed by atoms with Crippen LogP contribution in [0.1, 0.15) is 23.6 Å². The summed E-state index contributed by atoms with van der Waals surface area (Å²) in [5, 5.41) is 0.194. The first-order valence-corrected chi connectivity index (χ1v) is 4.60. The van der Waals surface area contributed by atoms with Crippen LogP contribution in [0.15, 0.2) is 12.1 Å². The predicted octanol–water partition coefficient (Wildman–Crippen LogP) is 4.23. The van der Waals surface area contributed by atoms with Gasteiger partial charge >= 0.3 is 6.18 Å². The van der Waals surface area contributed by atoms with Crippen LogP contribution in [0.2, 0.25) is 5.02 Å². The van der Waals surface area contributed by atoms with Crippen LogP contribution in [-0.4, -0.2) is 0 Å². The number of hydrogen-bond acceptors (Lipinski definition) is 0. The molecule has 0 atom stereocenters. The summed E-state index contributed by atoms with van der Waals surface area (Å²) in [4.78, 5) is 0. The molecule has 0 aliphatic heterocycles. The fourth-order valence-corrected chi connectivity index (χ4v) is 1.79. The maximum atomic E-state index is 12.3. The van der Waals surface area contributed by atoms with Gasteiger partial charge in [-0.25, -0.2) is 0 Å². The summed E-state index contributed by atoms with van der Waals surface area (Å²) in [6.07, 6.45) is -3.68. The normalized spacial score (nSPS) is 11.9. The lowest BCUT2D eigenvalue weighted by Gasteiger charge is -2.11. The number of halogens is 4. The number of alkyl halides is 3. The van der Waals surface area contributed by atoms with Crippen molar-refractivity contribution in [2.24, 2.45) is 0 Å². The highest BCUT2D eigenvalue weighted by Crippen LogP contribution is 2.33. The largest absolute Gasteiger partial charge is 0.416 e. The van der Waals surface area contributed by atoms with Crippen molar-refractivity contribution < 1.29 is 13.2 Å². The molecule has 0 radical (unpaired) electrons. The molecule has 0 amide bonds. The van der Waals surface area contributed by atoms with Crippen molar-refractivity contribution in [1.82, 2.24) is 0 Å². The van der Waals surface area contributed by atoms with Crippen LogP contribution in [-0.2, 0) is 12.6 Å². The molecule has 0 aromatic heterocycles. The summed E-state index contributed by atoms with van der Waals surface area (Å²) in [5.74, 6) is 0. The van der Waals surface area contributed by atoms with Crippen LogP contribution < -0.4 is 0 Å². The van der Waals surface area contributed by atoms with Gasteiger partial charge in [-0.15, -0.1) is 0 Å². The van der Waals surface area contributed by atoms with Gasteiger partial charge in [-0.05, 0) is 36.6 Å². The van der Waals surface area contributed by atoms with Gasteiger partial charge in [0.2, 0.25) is 0 Å². The Balaban J connectivity index is 3.28. The van der Waals surface area contributed by atoms with Gasteiger partial charge in [0.25, 0.3) is 0 Å². The molecule has 0 spiro atoms. The lowest BCUT2D eigenvalue weighted by atomic mass is 10.0. The quantitative estimate of drug-likeness (QED) is 0.667. The highest BCUT2D eigenvalue weighted by atomic mass is 35.5. The predicted molar refractivity (Wildman–Crippen MR) is 50.6 cm³/mol. The van der Waals surface area contributed by atoms with E-state index >= 15 is 0 Å². The minimum Gasteiger partial charge on any atom is -0.166 e. The Morgan fingerprint density at radius 1 is 1.29 bits per heavy atom. The fourth-order valence-electron chi connectivity index (χ4n) is 1.39. The maximum absolute atomic E-state index is 12.3.